The summed E-state index contributed by atoms with van der Waals surface area (Å²) in [6, 6.07) is 0. The fraction of sp³-hybridized carbons (Fsp3) is 0.400. The summed E-state index contributed by atoms with van der Waals surface area (Å²) in [6.07, 6.45) is 0. The summed E-state index contributed by atoms with van der Waals surface area (Å²) in [5.74, 6) is -0.597. The van der Waals surface area contributed by atoms with E-state index in [0.29, 0.717) is 10.2 Å². The molecular weight excluding hydrogens is 295 g/mol. The molecule has 0 aliphatic heterocycles. The number of carbonyl (C=O) groups is 1. The molecule has 0 amide bonds. The maximum absolute atomic E-state index is 11.2. The van der Waals surface area contributed by atoms with E-state index < -0.39 is 5.97 Å². The number of hydrogen-bond acceptors (Lipinski definition) is 4. The molecule has 0 saturated heterocycles. The lowest BCUT2D eigenvalue weighted by molar-refractivity contribution is 0.0595. The Kier molecular flexibility index (Phi) is 6.36. The fourth-order valence-corrected chi connectivity index (χ4v) is 1.44. The lowest BCUT2D eigenvalue weighted by atomic mass is 10.2. The van der Waals surface area contributed by atoms with E-state index in [0.717, 1.165) is 0 Å². The van der Waals surface area contributed by atoms with E-state index in [4.69, 9.17) is 17.3 Å². The van der Waals surface area contributed by atoms with Gasteiger partial charge in [-0.25, -0.2) is 9.78 Å². The van der Waals surface area contributed by atoms with Gasteiger partial charge in [-0.2, -0.15) is 0 Å². The number of carbonyl (C=O) groups excluding carboxylic acids is 1. The van der Waals surface area contributed by atoms with Crippen molar-refractivity contribution in [3.8, 4) is 0 Å². The van der Waals surface area contributed by atoms with Crippen molar-refractivity contribution in [2.75, 3.05) is 12.8 Å². The second-order valence-electron chi connectivity index (χ2n) is 2.58. The number of nitrogens with zero attached hydrogens (tertiary/aromatic N) is 1. The average molecular weight is 310 g/mol. The van der Waals surface area contributed by atoms with Gasteiger partial charge < -0.3 is 10.5 Å². The van der Waals surface area contributed by atoms with Crippen LogP contribution in [0.5, 0.6) is 0 Å². The first-order chi connectivity index (χ1) is 7.49. The van der Waals surface area contributed by atoms with Crippen LogP contribution in [0.4, 0.5) is 5.69 Å². The third kappa shape index (κ3) is 3.09. The van der Waals surface area contributed by atoms with Crippen LogP contribution >= 0.6 is 27.5 Å². The monoisotopic (exact) mass is 308 g/mol. The smallest absolute Gasteiger partial charge is 0.358 e. The van der Waals surface area contributed by atoms with Gasteiger partial charge in [0.1, 0.15) is 0 Å². The largest absolute Gasteiger partial charge is 0.464 e. The van der Waals surface area contributed by atoms with E-state index >= 15 is 0 Å². The van der Waals surface area contributed by atoms with Crippen molar-refractivity contribution in [3.63, 3.8) is 0 Å². The van der Waals surface area contributed by atoms with Gasteiger partial charge in [-0.15, -0.1) is 0 Å². The molecule has 4 nitrogen and oxygen atoms in total. The summed E-state index contributed by atoms with van der Waals surface area (Å²) in [5.41, 5.74) is 6.35. The summed E-state index contributed by atoms with van der Waals surface area (Å²) in [5, 5.41) is 0.276. The molecule has 6 heteroatoms. The summed E-state index contributed by atoms with van der Waals surface area (Å²) >= 11 is 9.08. The Hall–Kier alpha value is -0.810. The third-order valence-electron chi connectivity index (χ3n) is 1.66. The van der Waals surface area contributed by atoms with Crippen molar-refractivity contribution in [1.29, 1.82) is 0 Å². The van der Waals surface area contributed by atoms with Gasteiger partial charge in [0.15, 0.2) is 5.69 Å². The second kappa shape index (κ2) is 6.70. The van der Waals surface area contributed by atoms with Gasteiger partial charge in [0, 0.05) is 0 Å². The number of methoxy groups -OCH3 is 1. The van der Waals surface area contributed by atoms with E-state index in [-0.39, 0.29) is 16.4 Å². The van der Waals surface area contributed by atoms with Crippen LogP contribution in [-0.2, 0) is 4.74 Å². The Labute approximate surface area is 108 Å². The van der Waals surface area contributed by atoms with Gasteiger partial charge in [-0.1, -0.05) is 25.4 Å². The predicted molar refractivity (Wildman–Crippen MR) is 68.8 cm³/mol. The number of esters is 1. The molecule has 0 aliphatic carbocycles. The summed E-state index contributed by atoms with van der Waals surface area (Å²) in [7, 11) is 1.26. The Bertz CT molecular complexity index is 397. The summed E-state index contributed by atoms with van der Waals surface area (Å²) in [6.45, 7) is 5.71. The van der Waals surface area contributed by atoms with E-state index in [1.54, 1.807) is 6.92 Å². The SMILES string of the molecule is CC.COC(=O)c1nc(C)c(Br)c(Cl)c1N. The highest BCUT2D eigenvalue weighted by Crippen LogP contribution is 2.32. The van der Waals surface area contributed by atoms with Crippen LogP contribution in [0.25, 0.3) is 0 Å². The number of halogens is 2. The zero-order valence-corrected chi connectivity index (χ0v) is 11.9. The second-order valence-corrected chi connectivity index (χ2v) is 3.75. The zero-order valence-electron chi connectivity index (χ0n) is 9.60. The van der Waals surface area contributed by atoms with Gasteiger partial charge in [0.25, 0.3) is 0 Å². The molecule has 0 aliphatic rings. The van der Waals surface area contributed by atoms with Gasteiger partial charge in [0.05, 0.1) is 28.0 Å². The first kappa shape index (κ1) is 15.2. The van der Waals surface area contributed by atoms with Crippen molar-refractivity contribution in [2.24, 2.45) is 0 Å². The minimum atomic E-state index is -0.597. The predicted octanol–water partition coefficient (Wildman–Crippen LogP) is 3.20. The molecule has 0 atom stereocenters. The van der Waals surface area contributed by atoms with Crippen molar-refractivity contribution < 1.29 is 9.53 Å². The third-order valence-corrected chi connectivity index (χ3v) is 3.25. The first-order valence-corrected chi connectivity index (χ1v) is 5.85. The topological polar surface area (TPSA) is 65.2 Å². The molecule has 1 aromatic rings. The van der Waals surface area contributed by atoms with Crippen molar-refractivity contribution in [1.82, 2.24) is 4.98 Å². The molecule has 0 saturated carbocycles. The van der Waals surface area contributed by atoms with Crippen molar-refractivity contribution in [2.45, 2.75) is 20.8 Å². The van der Waals surface area contributed by atoms with Crippen LogP contribution < -0.4 is 5.73 Å². The van der Waals surface area contributed by atoms with Crippen molar-refractivity contribution in [3.05, 3.63) is 20.9 Å². The lowest BCUT2D eigenvalue weighted by Crippen LogP contribution is -2.10. The molecule has 90 valence electrons. The Morgan fingerprint density at radius 3 is 2.44 bits per heavy atom. The molecule has 0 fully saturated rings. The quantitative estimate of drug-likeness (QED) is 0.809. The minimum Gasteiger partial charge on any atom is -0.464 e. The molecule has 1 heterocycles. The number of nitrogen functional groups attached to an aromatic ring is 1. The Morgan fingerprint density at radius 1 is 1.50 bits per heavy atom. The molecule has 0 bridgehead atoms. The lowest BCUT2D eigenvalue weighted by Gasteiger charge is -2.08. The number of nitrogens with two attached hydrogens (primary N) is 1. The number of hydrogen-bond donors (Lipinski definition) is 1. The molecule has 0 aromatic carbocycles. The summed E-state index contributed by atoms with van der Waals surface area (Å²) in [4.78, 5) is 15.2. The maximum atomic E-state index is 11.2. The van der Waals surface area contributed by atoms with Gasteiger partial charge in [-0.05, 0) is 22.9 Å². The molecule has 0 radical (unpaired) electrons. The van der Waals surface area contributed by atoms with E-state index in [1.165, 1.54) is 7.11 Å². The van der Waals surface area contributed by atoms with Crippen LogP contribution in [0.15, 0.2) is 4.47 Å². The van der Waals surface area contributed by atoms with Crippen molar-refractivity contribution >= 4 is 39.2 Å². The molecule has 0 spiro atoms. The Balaban J connectivity index is 0.00000106. The molecule has 0 unspecified atom stereocenters. The van der Waals surface area contributed by atoms with Gasteiger partial charge in [-0.3, -0.25) is 0 Å². The number of aryl methyl sites for hydroxylation is 1. The summed E-state index contributed by atoms with van der Waals surface area (Å²) < 4.78 is 5.10. The zero-order chi connectivity index (χ0) is 12.9. The molecule has 2 N–H and O–H groups in total. The minimum absolute atomic E-state index is 0.0400. The highest BCUT2D eigenvalue weighted by molar-refractivity contribution is 9.10. The van der Waals surface area contributed by atoms with E-state index in [1.807, 2.05) is 13.8 Å². The van der Waals surface area contributed by atoms with Crippen LogP contribution in [0, 0.1) is 6.92 Å². The van der Waals surface area contributed by atoms with Crippen LogP contribution in [0.2, 0.25) is 5.02 Å². The standard InChI is InChI=1S/C8H8BrClN2O2.C2H6/c1-3-4(9)5(10)6(11)7(12-3)8(13)14-2;1-2/h11H2,1-2H3;1-2H3. The number of anilines is 1. The molecular formula is C10H14BrClN2O2. The first-order valence-electron chi connectivity index (χ1n) is 4.68. The normalized spacial score (nSPS) is 9.12. The van der Waals surface area contributed by atoms with Gasteiger partial charge in [0.2, 0.25) is 0 Å². The highest BCUT2D eigenvalue weighted by atomic mass is 79.9. The molecule has 1 rings (SSSR count). The number of pyridine rings is 1. The van der Waals surface area contributed by atoms with Crippen LogP contribution in [0.1, 0.15) is 30.0 Å². The highest BCUT2D eigenvalue weighted by Gasteiger charge is 2.18. The average Bonchev–Trinajstić information content (AvgIpc) is 2.32. The van der Waals surface area contributed by atoms with Crippen LogP contribution in [0.3, 0.4) is 0 Å². The maximum Gasteiger partial charge on any atom is 0.358 e. The van der Waals surface area contributed by atoms with E-state index in [2.05, 4.69) is 25.7 Å². The van der Waals surface area contributed by atoms with Gasteiger partial charge >= 0.3 is 5.97 Å². The number of aromatic nitrogens is 1. The fourth-order valence-electron chi connectivity index (χ4n) is 0.910. The molecule has 1 aromatic heterocycles. The molecule has 16 heavy (non-hydrogen) atoms. The van der Waals surface area contributed by atoms with Crippen LogP contribution in [-0.4, -0.2) is 18.1 Å². The Morgan fingerprint density at radius 2 is 2.00 bits per heavy atom. The number of rotatable bonds is 1. The van der Waals surface area contributed by atoms with E-state index in [9.17, 15) is 4.79 Å². The number of ether oxygens (including phenoxy) is 1.